The van der Waals surface area contributed by atoms with Crippen LogP contribution in [0, 0.1) is 5.92 Å². The van der Waals surface area contributed by atoms with Crippen LogP contribution in [-0.4, -0.2) is 52.5 Å². The topological polar surface area (TPSA) is 258 Å². The second-order valence-electron chi connectivity index (χ2n) is 24.0. The molecule has 1 amide bonds. The number of fused-ring (bicyclic) bond motifs is 2. The minimum atomic E-state index is -1.15. The number of rotatable bonds is 17. The predicted molar refractivity (Wildman–Crippen MR) is 420 cm³/mol. The van der Waals surface area contributed by atoms with Gasteiger partial charge < -0.3 is 44.8 Å². The van der Waals surface area contributed by atoms with E-state index in [0.717, 1.165) is 87.3 Å². The molecule has 1 aliphatic heterocycles. The maximum Gasteiger partial charge on any atom is 1.00 e. The van der Waals surface area contributed by atoms with E-state index in [1.165, 1.54) is 68.4 Å². The Bertz CT molecular complexity index is 5510. The maximum absolute atomic E-state index is 13.0. The van der Waals surface area contributed by atoms with E-state index in [2.05, 4.69) is 14.8 Å². The summed E-state index contributed by atoms with van der Waals surface area (Å²) in [7, 11) is 1.35. The smallest absolute Gasteiger partial charge is 0.544 e. The zero-order valence-electron chi connectivity index (χ0n) is 57.7. The molecule has 1 saturated carbocycles. The number of amides is 1. The number of carboxylic acids is 2. The number of carbonyl (C=O) groups is 6. The number of esters is 3. The van der Waals surface area contributed by atoms with Gasteiger partial charge in [-0.15, -0.1) is 56.7 Å². The molecule has 4 N–H and O–H groups in total. The number of hydrogen-bond donors (Lipinski definition) is 3. The van der Waals surface area contributed by atoms with Gasteiger partial charge in [0, 0.05) is 36.8 Å². The molecule has 1 aliphatic carbocycles. The first-order valence-corrected chi connectivity index (χ1v) is 37.3. The molecule has 6 aromatic heterocycles. The molecule has 0 bridgehead atoms. The van der Waals surface area contributed by atoms with E-state index in [1.807, 2.05) is 267 Å². The zero-order chi connectivity index (χ0) is 74.1. The SMILES string of the molecule is COC(=O)c1sc(-c2ccccc2)cc1N.O=C(O)c1sc(-c2ccccc2)cc1N(Cc1ccccc1)C(=O)C1CC1.O=C([O-])c1sc(-c2ccccc2)cc1NCc1ccccc1.O=C1Cc2cc(-c3ccccc3)sc2C(=O)O1.O=c1oc(=O)n(Cc2ccccc2)c2cc(-c3ccccc3)sc12.[Na+]. The number of methoxy groups -OCH3 is 1. The van der Waals surface area contributed by atoms with Gasteiger partial charge in [-0.25, -0.2) is 24.0 Å². The molecule has 1 fully saturated rings. The molecule has 23 heteroatoms. The van der Waals surface area contributed by atoms with Gasteiger partial charge in [-0.2, -0.15) is 0 Å². The monoisotopic (exact) mass is 1520 g/mol. The van der Waals surface area contributed by atoms with Gasteiger partial charge in [-0.1, -0.05) is 243 Å². The number of aromatic carboxylic acids is 2. The van der Waals surface area contributed by atoms with Crippen molar-refractivity contribution in [3.8, 4) is 52.2 Å². The molecule has 14 aromatic rings. The summed E-state index contributed by atoms with van der Waals surface area (Å²) in [6, 6.07) is 87.2. The third-order valence-corrected chi connectivity index (χ3v) is 22.4. The summed E-state index contributed by atoms with van der Waals surface area (Å²) >= 11 is 6.51. The van der Waals surface area contributed by atoms with Crippen molar-refractivity contribution < 1.29 is 82.4 Å². The van der Waals surface area contributed by atoms with Crippen molar-refractivity contribution in [2.24, 2.45) is 5.92 Å². The summed E-state index contributed by atoms with van der Waals surface area (Å²) in [6.07, 6.45) is 1.94. The second-order valence-corrected chi connectivity index (χ2v) is 29.2. The van der Waals surface area contributed by atoms with Crippen molar-refractivity contribution >= 4 is 120 Å². The number of nitrogen functional groups attached to an aromatic ring is 1. The summed E-state index contributed by atoms with van der Waals surface area (Å²) in [4.78, 5) is 102. The van der Waals surface area contributed by atoms with Crippen molar-refractivity contribution in [3.63, 3.8) is 0 Å². The quantitative estimate of drug-likeness (QED) is 0.0435. The normalized spacial score (nSPS) is 11.7. The minimum Gasteiger partial charge on any atom is -0.544 e. The molecule has 2 aliphatic rings. The Kier molecular flexibility index (Phi) is 26.4. The summed E-state index contributed by atoms with van der Waals surface area (Å²) in [5.41, 5.74) is 16.3. The predicted octanol–water partition coefficient (Wildman–Crippen LogP) is 14.6. The standard InChI is InChI=1S/C22H19NO3S.C19H13NO3S.C18H15NO2S.C13H8O3S.C12H11NO2S.Na/c24-21(17-11-12-17)23(14-15-7-3-1-4-8-15)18-13-19(27-20(18)22(25)26)16-9-5-2-6-10-16;21-18-17-15(11-16(24-17)14-9-5-2-6-10-14)20(19(22)23-18)12-13-7-3-1-4-8-13;20-18(21)17-15(19-12-13-7-3-1-4-8-13)11-16(22-17)14-9-5-2-6-10-14;14-11-7-9-6-10(8-4-2-1-3-5-8)17-12(9)13(15)16-11;1-15-12(14)11-9(13)7-10(16-11)8-5-3-2-4-6-8;/h1-10,13,17H,11-12,14H2,(H,25,26);1-11H,12H2;1-11,19H,12H2,(H,20,21);1-6H,7H2;2-7H,13H2,1H3;/q;;;;;+1/p-1. The van der Waals surface area contributed by atoms with Crippen LogP contribution in [0.3, 0.4) is 0 Å². The van der Waals surface area contributed by atoms with Crippen molar-refractivity contribution in [3.05, 3.63) is 336 Å². The van der Waals surface area contributed by atoms with Gasteiger partial charge in [0.25, 0.3) is 0 Å². The van der Waals surface area contributed by atoms with Crippen LogP contribution < -0.4 is 62.0 Å². The number of carbonyl (C=O) groups excluding carboxylic acids is 5. The third-order valence-electron chi connectivity index (χ3n) is 16.5. The first-order valence-electron chi connectivity index (χ1n) is 33.2. The molecule has 8 aromatic carbocycles. The number of thiophene rings is 5. The van der Waals surface area contributed by atoms with Crippen LogP contribution in [0.5, 0.6) is 0 Å². The number of hydrogen-bond acceptors (Lipinski definition) is 19. The van der Waals surface area contributed by atoms with Gasteiger partial charge in [0.15, 0.2) is 0 Å². The molecule has 0 unspecified atom stereocenters. The van der Waals surface area contributed by atoms with Crippen LogP contribution >= 0.6 is 56.7 Å². The number of nitrogens with one attached hydrogen (secondary N) is 1. The summed E-state index contributed by atoms with van der Waals surface area (Å²) in [5.74, 6) is -4.14. The Hall–Kier alpha value is -11.2. The van der Waals surface area contributed by atoms with Crippen LogP contribution in [-0.2, 0) is 45.1 Å². The summed E-state index contributed by atoms with van der Waals surface area (Å²) in [6.45, 7) is 1.32. The van der Waals surface area contributed by atoms with E-state index in [0.29, 0.717) is 56.7 Å². The van der Waals surface area contributed by atoms with Crippen molar-refractivity contribution in [1.82, 2.24) is 4.57 Å². The fraction of sp³-hybridized carbons (Fsp3) is 0.0952. The fourth-order valence-electron chi connectivity index (χ4n) is 11.2. The van der Waals surface area contributed by atoms with E-state index in [-0.39, 0.29) is 63.5 Å². The number of benzene rings is 8. The van der Waals surface area contributed by atoms with Gasteiger partial charge in [0.2, 0.25) is 5.91 Å². The first kappa shape index (κ1) is 76.9. The first-order chi connectivity index (χ1) is 51.5. The van der Waals surface area contributed by atoms with Gasteiger partial charge in [0.1, 0.15) is 19.3 Å². The average Bonchev–Trinajstić information content (AvgIpc) is 1.66. The largest absolute Gasteiger partial charge is 1.00 e. The fourth-order valence-corrected chi connectivity index (χ4v) is 16.3. The number of aromatic nitrogens is 1. The Morgan fingerprint density at radius 2 is 0.991 bits per heavy atom. The molecule has 0 saturated heterocycles. The second kappa shape index (κ2) is 36.7. The molecule has 0 atom stereocenters. The molecule has 0 spiro atoms. The van der Waals surface area contributed by atoms with E-state index in [1.54, 1.807) is 11.0 Å². The number of cyclic esters (lactones) is 2. The molecule has 17 nitrogen and oxygen atoms in total. The Morgan fingerprint density at radius 1 is 0.551 bits per heavy atom. The zero-order valence-corrected chi connectivity index (χ0v) is 63.7. The van der Waals surface area contributed by atoms with Gasteiger partial charge in [-0.05, 0) is 93.2 Å². The van der Waals surface area contributed by atoms with Crippen molar-refractivity contribution in [1.29, 1.82) is 0 Å². The molecular formula is C84H65N4NaO13S5. The van der Waals surface area contributed by atoms with Gasteiger partial charge in [0.05, 0.1) is 60.0 Å². The Balaban J connectivity index is 0.000000135. The molecule has 107 heavy (non-hydrogen) atoms. The van der Waals surface area contributed by atoms with Crippen molar-refractivity contribution in [2.45, 2.75) is 38.9 Å². The van der Waals surface area contributed by atoms with E-state index in [9.17, 15) is 48.6 Å². The van der Waals surface area contributed by atoms with Gasteiger partial charge in [-0.3, -0.25) is 14.2 Å². The third kappa shape index (κ3) is 19.9. The molecule has 16 rings (SSSR count). The molecule has 7 heterocycles. The minimum absolute atomic E-state index is 0. The van der Waals surface area contributed by atoms with E-state index in [4.69, 9.17) is 10.2 Å². The Morgan fingerprint density at radius 3 is 1.48 bits per heavy atom. The molecule has 530 valence electrons. The molecule has 0 radical (unpaired) electrons. The number of anilines is 3. The number of ether oxygens (including phenoxy) is 2. The van der Waals surface area contributed by atoms with E-state index < -0.39 is 35.3 Å². The van der Waals surface area contributed by atoms with Crippen LogP contribution in [0.4, 0.5) is 17.1 Å². The maximum atomic E-state index is 13.0. The van der Waals surface area contributed by atoms with Crippen LogP contribution in [0.25, 0.3) is 62.4 Å². The van der Waals surface area contributed by atoms with Crippen LogP contribution in [0.2, 0.25) is 0 Å². The van der Waals surface area contributed by atoms with Crippen molar-refractivity contribution in [2.75, 3.05) is 23.1 Å². The Labute approximate surface area is 657 Å². The van der Waals surface area contributed by atoms with Crippen LogP contribution in [0.1, 0.15) is 73.8 Å². The summed E-state index contributed by atoms with van der Waals surface area (Å²) in [5, 5.41) is 24.3. The summed E-state index contributed by atoms with van der Waals surface area (Å²) < 4.78 is 16.1. The van der Waals surface area contributed by atoms with Gasteiger partial charge >= 0.3 is 64.8 Å². The number of nitrogens with zero attached hydrogens (tertiary/aromatic N) is 2. The number of carboxylic acid groups (broad SMARTS) is 2. The average molecular weight is 1520 g/mol. The molecular weight excluding hydrogens is 1460 g/mol. The van der Waals surface area contributed by atoms with E-state index >= 15 is 0 Å². The number of nitrogens with two attached hydrogens (primary N) is 1. The van der Waals surface area contributed by atoms with Crippen LogP contribution in [0.15, 0.2) is 287 Å².